The Balaban J connectivity index is 0.00000576. The van der Waals surface area contributed by atoms with E-state index in [2.05, 4.69) is 9.97 Å². The van der Waals surface area contributed by atoms with Crippen LogP contribution < -0.4 is 0 Å². The van der Waals surface area contributed by atoms with E-state index in [0.29, 0.717) is 0 Å². The number of aromatic amines is 2. The van der Waals surface area contributed by atoms with Gasteiger partial charge >= 0.3 is 0 Å². The van der Waals surface area contributed by atoms with E-state index in [1.807, 2.05) is 0 Å². The molecule has 4 aromatic carbocycles. The maximum atomic E-state index is 12.9. The number of rotatable bonds is 8. The van der Waals surface area contributed by atoms with Crippen molar-refractivity contribution in [2.75, 3.05) is 0 Å². The first-order valence-electron chi connectivity index (χ1n) is 18.7. The quantitative estimate of drug-likeness (QED) is 0.0617. The fourth-order valence-electron chi connectivity index (χ4n) is 7.93. The van der Waals surface area contributed by atoms with Crippen LogP contribution in [0.1, 0.15) is 22.8 Å². The van der Waals surface area contributed by atoms with Crippen molar-refractivity contribution in [3.05, 3.63) is 144 Å². The van der Waals surface area contributed by atoms with E-state index in [1.165, 1.54) is 121 Å². The van der Waals surface area contributed by atoms with E-state index in [-0.39, 0.29) is 106 Å². The average molecular weight is 990 g/mol. The summed E-state index contributed by atoms with van der Waals surface area (Å²) in [6.07, 6.45) is 6.08. The molecule has 8 bridgehead atoms. The Morgan fingerprint density at radius 1 is 0.323 bits per heavy atom. The van der Waals surface area contributed by atoms with Crippen molar-refractivity contribution in [2.45, 2.75) is 19.6 Å². The first kappa shape index (κ1) is 45.2. The summed E-state index contributed by atoms with van der Waals surface area (Å²) in [5, 5.41) is 0. The summed E-state index contributed by atoms with van der Waals surface area (Å²) in [6.45, 7) is 0. The van der Waals surface area contributed by atoms with Gasteiger partial charge in [0, 0.05) is 83.6 Å². The Morgan fingerprint density at radius 3 is 0.723 bits per heavy atom. The van der Waals surface area contributed by atoms with Gasteiger partial charge in [-0.2, -0.15) is 33.7 Å². The van der Waals surface area contributed by atoms with Gasteiger partial charge in [-0.1, -0.05) is 72.8 Å². The molecular formula is C44H30MnN4O12S4. The van der Waals surface area contributed by atoms with E-state index in [9.17, 15) is 51.9 Å². The van der Waals surface area contributed by atoms with Crippen molar-refractivity contribution in [3.63, 3.8) is 0 Å². The van der Waals surface area contributed by atoms with E-state index in [4.69, 9.17) is 9.97 Å². The Kier molecular flexibility index (Phi) is 11.5. The molecule has 0 aliphatic carbocycles. The van der Waals surface area contributed by atoms with E-state index >= 15 is 0 Å². The summed E-state index contributed by atoms with van der Waals surface area (Å²) in [6, 6.07) is 28.5. The molecule has 0 atom stereocenters. The van der Waals surface area contributed by atoms with E-state index in [0.717, 1.165) is 0 Å². The van der Waals surface area contributed by atoms with Gasteiger partial charge in [-0.3, -0.25) is 18.2 Å². The first-order chi connectivity index (χ1) is 30.3. The molecule has 2 aliphatic heterocycles. The van der Waals surface area contributed by atoms with Crippen molar-refractivity contribution >= 4 is 86.8 Å². The molecule has 6 N–H and O–H groups in total. The van der Waals surface area contributed by atoms with Crippen LogP contribution in [-0.4, -0.2) is 71.8 Å². The Morgan fingerprint density at radius 2 is 0.523 bits per heavy atom. The topological polar surface area (TPSA) is 275 Å². The van der Waals surface area contributed by atoms with Crippen LogP contribution in [0.3, 0.4) is 0 Å². The third-order valence-corrected chi connectivity index (χ3v) is 14.1. The number of hydrogen-bond donors (Lipinski definition) is 6. The summed E-state index contributed by atoms with van der Waals surface area (Å²) < 4.78 is 145. The van der Waals surface area contributed by atoms with E-state index < -0.39 is 60.1 Å². The molecule has 65 heavy (non-hydrogen) atoms. The molecule has 9 rings (SSSR count). The molecule has 1 radical (unpaired) electrons. The van der Waals surface area contributed by atoms with Crippen LogP contribution >= 0.6 is 0 Å². The van der Waals surface area contributed by atoms with Crippen LogP contribution in [0.4, 0.5) is 0 Å². The van der Waals surface area contributed by atoms with Gasteiger partial charge in [0.15, 0.2) is 0 Å². The molecule has 0 saturated heterocycles. The zero-order chi connectivity index (χ0) is 45.3. The zero-order valence-corrected chi connectivity index (χ0v) is 37.3. The minimum atomic E-state index is -4.89. The number of hydrogen-bond acceptors (Lipinski definition) is 10. The van der Waals surface area contributed by atoms with Gasteiger partial charge < -0.3 is 9.97 Å². The maximum absolute atomic E-state index is 12.9. The van der Waals surface area contributed by atoms with Gasteiger partial charge in [-0.05, 0) is 72.8 Å². The monoisotopic (exact) mass is 989 g/mol. The number of nitrogens with one attached hydrogen (secondary N) is 2. The minimum Gasteiger partial charge on any atom is -0.354 e. The number of nitrogens with zero attached hydrogens (tertiary/aromatic N) is 2. The molecule has 0 unspecified atom stereocenters. The molecular weight excluding hydrogens is 960 g/mol. The smallest absolute Gasteiger partial charge is 0.295 e. The average Bonchev–Trinajstić information content (AvgIpc) is 4.08. The summed E-state index contributed by atoms with van der Waals surface area (Å²) in [7, 11) is -19.5. The second-order valence-corrected chi connectivity index (χ2v) is 19.9. The summed E-state index contributed by atoms with van der Waals surface area (Å²) >= 11 is 0. The molecule has 329 valence electrons. The van der Waals surface area contributed by atoms with Crippen molar-refractivity contribution in [1.29, 1.82) is 0 Å². The molecule has 0 amide bonds. The number of H-pyrrole nitrogens is 2. The van der Waals surface area contributed by atoms with Gasteiger partial charge in [0.2, 0.25) is 0 Å². The number of aromatic nitrogens is 4. The third kappa shape index (κ3) is 8.41. The summed E-state index contributed by atoms with van der Waals surface area (Å²) in [5.74, 6) is 0. The van der Waals surface area contributed by atoms with Gasteiger partial charge in [0.25, 0.3) is 40.5 Å². The maximum Gasteiger partial charge on any atom is 0.295 e. The molecule has 2 aliphatic rings. The van der Waals surface area contributed by atoms with E-state index in [1.54, 1.807) is 24.3 Å². The van der Waals surface area contributed by atoms with Crippen LogP contribution in [0.25, 0.3) is 90.9 Å². The fraction of sp³-hybridized carbons (Fsp3) is 0. The second kappa shape index (κ2) is 16.6. The Labute approximate surface area is 381 Å². The molecule has 21 heteroatoms. The molecule has 16 nitrogen and oxygen atoms in total. The largest absolute Gasteiger partial charge is 0.354 e. The van der Waals surface area contributed by atoms with Gasteiger partial charge in [-0.15, -0.1) is 0 Å². The number of fused-ring (bicyclic) bond motifs is 8. The van der Waals surface area contributed by atoms with Crippen molar-refractivity contribution in [2.24, 2.45) is 0 Å². The summed E-state index contributed by atoms with van der Waals surface area (Å²) in [5.41, 5.74) is 1.54. The van der Waals surface area contributed by atoms with Crippen LogP contribution in [0.5, 0.6) is 0 Å². The Bertz CT molecular complexity index is 3370. The van der Waals surface area contributed by atoms with Gasteiger partial charge in [-0.25, -0.2) is 9.97 Å². The van der Waals surface area contributed by atoms with Crippen molar-refractivity contribution in [3.8, 4) is 44.5 Å². The molecule has 3 aromatic heterocycles. The van der Waals surface area contributed by atoms with Crippen molar-refractivity contribution in [1.82, 2.24) is 19.9 Å². The predicted octanol–water partition coefficient (Wildman–Crippen LogP) is 8.31. The van der Waals surface area contributed by atoms with Gasteiger partial charge in [0.1, 0.15) is 19.6 Å². The SMILES string of the molecule is O=S(=O)(O)c1ccccc1-c1c2nc(c(-c3ccccc3S(=O)(=O)O)c3ccc([nH]3)c(-c3ccccc3S(=O)(=O)O)c3nc(c(-c4ccccc4S(=O)(=O)O)c4ccc1[nH]4)C=C3)C=C2.[Mn]. The summed E-state index contributed by atoms with van der Waals surface area (Å²) in [4.78, 5) is 14.3. The molecule has 0 saturated carbocycles. The molecule has 0 fully saturated rings. The van der Waals surface area contributed by atoms with Crippen LogP contribution in [0.15, 0.2) is 141 Å². The fourth-order valence-corrected chi connectivity index (χ4v) is 10.7. The standard InChI is InChI=1S/C44H30N4O12S4.Mn/c49-61(50,51)37-13-5-1-9-25(37)41-29-17-19-31(45-29)42(26-10-2-6-14-38(26)62(52,53)54)33-21-23-35(47-33)44(28-12-4-8-16-40(28)64(58,59)60)36-24-22-34(48-36)43(32-20-18-30(41)46-32)27-11-3-7-15-39(27)63(55,56)57;/h1-24,45,48H,(H,49,50,51)(H,52,53,54)(H,55,56,57)(H,58,59,60);. The number of benzene rings is 4. The second-order valence-electron chi connectivity index (χ2n) is 14.4. The van der Waals surface area contributed by atoms with Crippen LogP contribution in [0.2, 0.25) is 0 Å². The normalized spacial score (nSPS) is 12.9. The molecule has 5 heterocycles. The third-order valence-electron chi connectivity index (χ3n) is 10.5. The predicted molar refractivity (Wildman–Crippen MR) is 240 cm³/mol. The zero-order valence-electron chi connectivity index (χ0n) is 32.8. The van der Waals surface area contributed by atoms with Crippen molar-refractivity contribution < 1.29 is 69.0 Å². The minimum absolute atomic E-state index is 0. The first-order valence-corrected chi connectivity index (χ1v) is 24.5. The Hall–Kier alpha value is -6.36. The van der Waals surface area contributed by atoms with Gasteiger partial charge in [0.05, 0.1) is 22.8 Å². The molecule has 0 spiro atoms. The molecule has 7 aromatic rings. The van der Waals surface area contributed by atoms with Crippen LogP contribution in [-0.2, 0) is 57.5 Å². The van der Waals surface area contributed by atoms with Crippen LogP contribution in [0, 0.1) is 0 Å².